The first kappa shape index (κ1) is 20.3. The molecule has 0 saturated carbocycles. The summed E-state index contributed by atoms with van der Waals surface area (Å²) >= 11 is 6.62. The second-order valence-electron chi connectivity index (χ2n) is 7.02. The van der Waals surface area contributed by atoms with Crippen molar-refractivity contribution in [3.63, 3.8) is 0 Å². The minimum absolute atomic E-state index is 0.181. The van der Waals surface area contributed by atoms with E-state index < -0.39 is 17.2 Å². The zero-order valence-electron chi connectivity index (χ0n) is 14.1. The fourth-order valence-electron chi connectivity index (χ4n) is 1.86. The molecule has 0 bridgehead atoms. The van der Waals surface area contributed by atoms with E-state index in [2.05, 4.69) is 42.5 Å². The maximum absolute atomic E-state index is 11.8. The van der Waals surface area contributed by atoms with Gasteiger partial charge in [-0.05, 0) is 84.2 Å². The summed E-state index contributed by atoms with van der Waals surface area (Å²) in [5, 5.41) is 15.8. The molecule has 7 heteroatoms. The predicted octanol–water partition coefficient (Wildman–Crippen LogP) is 4.31. The minimum Gasteiger partial charge on any atom is -0.506 e. The molecule has 0 fully saturated rings. The number of carbonyl (C=O) groups excluding carboxylic acids is 1. The van der Waals surface area contributed by atoms with E-state index in [1.54, 1.807) is 0 Å². The Morgan fingerprint density at radius 3 is 2.17 bits per heavy atom. The van der Waals surface area contributed by atoms with Gasteiger partial charge in [0.2, 0.25) is 0 Å². The molecule has 1 amide bonds. The average molecular weight is 452 g/mol. The number of alkyl carbamates (subject to hydrolysis) is 1. The highest BCUT2D eigenvalue weighted by atomic mass is 79.9. The first-order valence-electron chi connectivity index (χ1n) is 7.28. The predicted molar refractivity (Wildman–Crippen MR) is 98.7 cm³/mol. The molecule has 0 aliphatic carbocycles. The zero-order chi connectivity index (χ0) is 17.8. The van der Waals surface area contributed by atoms with Gasteiger partial charge >= 0.3 is 6.09 Å². The summed E-state index contributed by atoms with van der Waals surface area (Å²) in [5.74, 6) is 0.181. The largest absolute Gasteiger partial charge is 0.506 e. The van der Waals surface area contributed by atoms with E-state index in [-0.39, 0.29) is 5.75 Å². The van der Waals surface area contributed by atoms with Crippen LogP contribution in [0, 0.1) is 0 Å². The van der Waals surface area contributed by atoms with Crippen LogP contribution in [0.25, 0.3) is 0 Å². The van der Waals surface area contributed by atoms with Crippen LogP contribution in [0.3, 0.4) is 0 Å². The Kier molecular flexibility index (Phi) is 6.92. The Hall–Kier alpha value is -0.790. The fraction of sp³-hybridized carbons (Fsp3) is 0.562. The van der Waals surface area contributed by atoms with E-state index in [1.165, 1.54) is 0 Å². The van der Waals surface area contributed by atoms with Gasteiger partial charge in [0.25, 0.3) is 0 Å². The lowest BCUT2D eigenvalue weighted by molar-refractivity contribution is 0.0472. The monoisotopic (exact) mass is 450 g/mol. The molecule has 0 unspecified atom stereocenters. The van der Waals surface area contributed by atoms with Crippen LogP contribution in [-0.4, -0.2) is 28.9 Å². The summed E-state index contributed by atoms with van der Waals surface area (Å²) in [6.07, 6.45) is -0.431. The van der Waals surface area contributed by atoms with E-state index in [0.717, 1.165) is 5.56 Å². The van der Waals surface area contributed by atoms with Gasteiger partial charge in [-0.3, -0.25) is 0 Å². The van der Waals surface area contributed by atoms with Gasteiger partial charge < -0.3 is 20.5 Å². The molecule has 0 atom stereocenters. The molecule has 1 rings (SSSR count). The highest BCUT2D eigenvalue weighted by molar-refractivity contribution is 9.11. The number of hydrogen-bond donors (Lipinski definition) is 3. The second-order valence-corrected chi connectivity index (χ2v) is 8.73. The van der Waals surface area contributed by atoms with Crippen LogP contribution in [-0.2, 0) is 11.3 Å². The van der Waals surface area contributed by atoms with E-state index >= 15 is 0 Å². The Morgan fingerprint density at radius 2 is 1.70 bits per heavy atom. The summed E-state index contributed by atoms with van der Waals surface area (Å²) in [6.45, 7) is 10.5. The third kappa shape index (κ3) is 7.54. The lowest BCUT2D eigenvalue weighted by Crippen LogP contribution is -2.51. The van der Waals surface area contributed by atoms with E-state index in [9.17, 15) is 9.90 Å². The van der Waals surface area contributed by atoms with Gasteiger partial charge in [0, 0.05) is 13.1 Å². The van der Waals surface area contributed by atoms with Crippen molar-refractivity contribution in [3.05, 3.63) is 26.6 Å². The number of phenolic OH excluding ortho intramolecular Hbond substituents is 1. The van der Waals surface area contributed by atoms with Crippen molar-refractivity contribution >= 4 is 38.0 Å². The maximum Gasteiger partial charge on any atom is 0.408 e. The minimum atomic E-state index is -0.516. The molecule has 0 saturated heterocycles. The second kappa shape index (κ2) is 7.85. The van der Waals surface area contributed by atoms with Gasteiger partial charge in [-0.25, -0.2) is 4.79 Å². The van der Waals surface area contributed by atoms with Crippen molar-refractivity contribution in [3.8, 4) is 5.75 Å². The summed E-state index contributed by atoms with van der Waals surface area (Å²) in [7, 11) is 0. The molecule has 0 aromatic heterocycles. The van der Waals surface area contributed by atoms with Gasteiger partial charge in [0.15, 0.2) is 0 Å². The van der Waals surface area contributed by atoms with Crippen LogP contribution in [0.15, 0.2) is 21.1 Å². The number of carbonyl (C=O) groups is 1. The summed E-state index contributed by atoms with van der Waals surface area (Å²) in [4.78, 5) is 11.8. The lowest BCUT2D eigenvalue weighted by atomic mass is 10.1. The number of phenols is 1. The maximum atomic E-state index is 11.8. The smallest absolute Gasteiger partial charge is 0.408 e. The molecule has 5 nitrogen and oxygen atoms in total. The van der Waals surface area contributed by atoms with Crippen LogP contribution in [0.4, 0.5) is 4.79 Å². The Bertz CT molecular complexity index is 546. The van der Waals surface area contributed by atoms with Crippen LogP contribution < -0.4 is 10.6 Å². The van der Waals surface area contributed by atoms with Gasteiger partial charge in [-0.2, -0.15) is 0 Å². The Labute approximate surface area is 154 Å². The zero-order valence-corrected chi connectivity index (χ0v) is 17.3. The Balaban J connectivity index is 2.52. The average Bonchev–Trinajstić information content (AvgIpc) is 2.32. The number of hydrogen-bond acceptors (Lipinski definition) is 4. The molecule has 0 spiro atoms. The van der Waals surface area contributed by atoms with E-state index in [0.29, 0.717) is 22.0 Å². The quantitative estimate of drug-likeness (QED) is 0.623. The van der Waals surface area contributed by atoms with Gasteiger partial charge in [0.1, 0.15) is 11.4 Å². The van der Waals surface area contributed by atoms with E-state index in [4.69, 9.17) is 4.74 Å². The summed E-state index contributed by atoms with van der Waals surface area (Å²) in [6, 6.07) is 3.70. The normalized spacial score (nSPS) is 12.1. The van der Waals surface area contributed by atoms with Crippen molar-refractivity contribution in [2.45, 2.75) is 52.3 Å². The third-order valence-electron chi connectivity index (χ3n) is 2.81. The molecule has 0 aliphatic heterocycles. The number of aromatic hydroxyl groups is 1. The van der Waals surface area contributed by atoms with Gasteiger partial charge in [-0.1, -0.05) is 0 Å². The summed E-state index contributed by atoms with van der Waals surface area (Å²) in [5.41, 5.74) is 0.0425. The number of benzene rings is 1. The highest BCUT2D eigenvalue weighted by Crippen LogP contribution is 2.33. The number of halogens is 2. The molecule has 1 aromatic rings. The Morgan fingerprint density at radius 1 is 1.17 bits per heavy atom. The number of rotatable bonds is 5. The number of amides is 1. The number of ether oxygens (including phenoxy) is 1. The van der Waals surface area contributed by atoms with Gasteiger partial charge in [-0.15, -0.1) is 0 Å². The molecule has 0 heterocycles. The molecular weight excluding hydrogens is 428 g/mol. The topological polar surface area (TPSA) is 70.6 Å². The molecule has 3 N–H and O–H groups in total. The van der Waals surface area contributed by atoms with Crippen LogP contribution in [0.5, 0.6) is 5.75 Å². The molecule has 0 radical (unpaired) electrons. The van der Waals surface area contributed by atoms with Crippen molar-refractivity contribution in [2.24, 2.45) is 0 Å². The molecular formula is C16H24Br2N2O3. The SMILES string of the molecule is CC(C)(CNCc1cc(Br)c(O)c(Br)c1)NC(=O)OC(C)(C)C. The number of nitrogens with one attached hydrogen (secondary N) is 2. The van der Waals surface area contributed by atoms with Crippen molar-refractivity contribution in [1.29, 1.82) is 0 Å². The van der Waals surface area contributed by atoms with Gasteiger partial charge in [0.05, 0.1) is 14.5 Å². The first-order valence-corrected chi connectivity index (χ1v) is 8.87. The van der Waals surface area contributed by atoms with E-state index in [1.807, 2.05) is 46.8 Å². The molecule has 23 heavy (non-hydrogen) atoms. The molecule has 0 aliphatic rings. The summed E-state index contributed by atoms with van der Waals surface area (Å²) < 4.78 is 6.53. The van der Waals surface area contributed by atoms with Crippen molar-refractivity contribution in [1.82, 2.24) is 10.6 Å². The van der Waals surface area contributed by atoms with Crippen molar-refractivity contribution in [2.75, 3.05) is 6.54 Å². The van der Waals surface area contributed by atoms with Crippen LogP contribution in [0.1, 0.15) is 40.2 Å². The first-order chi connectivity index (χ1) is 10.4. The van der Waals surface area contributed by atoms with Crippen molar-refractivity contribution < 1.29 is 14.6 Å². The lowest BCUT2D eigenvalue weighted by Gasteiger charge is -2.29. The third-order valence-corrected chi connectivity index (χ3v) is 4.02. The molecule has 130 valence electrons. The molecule has 1 aromatic carbocycles. The van der Waals surface area contributed by atoms with Crippen LogP contribution >= 0.6 is 31.9 Å². The standard InChI is InChI=1S/C16H24Br2N2O3/c1-15(2,3)23-14(22)20-16(4,5)9-19-8-10-6-11(17)13(21)12(18)7-10/h6-7,19,21H,8-9H2,1-5H3,(H,20,22). The van der Waals surface area contributed by atoms with Crippen LogP contribution in [0.2, 0.25) is 0 Å². The highest BCUT2D eigenvalue weighted by Gasteiger charge is 2.24. The fourth-order valence-corrected chi connectivity index (χ4v) is 3.14.